The molecule has 1 heterocycles. The molecule has 1 amide bonds. The molecule has 0 spiro atoms. The third kappa shape index (κ3) is 2.57. The molecule has 104 valence electrons. The Labute approximate surface area is 106 Å². The van der Waals surface area contributed by atoms with Gasteiger partial charge < -0.3 is 14.7 Å². The van der Waals surface area contributed by atoms with Gasteiger partial charge >= 0.3 is 12.1 Å². The smallest absolute Gasteiger partial charge is 0.410 e. The Kier molecular flexibility index (Phi) is 3.36. The zero-order chi connectivity index (χ0) is 14.4. The highest BCUT2D eigenvalue weighted by Crippen LogP contribution is 2.43. The topological polar surface area (TPSA) is 66.8 Å². The first-order valence-corrected chi connectivity index (χ1v) is 5.79. The summed E-state index contributed by atoms with van der Waals surface area (Å²) in [6.07, 6.45) is -0.608. The van der Waals surface area contributed by atoms with Crippen molar-refractivity contribution < 1.29 is 23.8 Å². The van der Waals surface area contributed by atoms with Crippen LogP contribution in [-0.2, 0) is 9.53 Å². The lowest BCUT2D eigenvalue weighted by Crippen LogP contribution is -2.69. The van der Waals surface area contributed by atoms with Crippen molar-refractivity contribution >= 4 is 12.1 Å². The lowest BCUT2D eigenvalue weighted by molar-refractivity contribution is -0.176. The van der Waals surface area contributed by atoms with Crippen LogP contribution < -0.4 is 0 Å². The number of carbonyl (C=O) groups is 2. The summed E-state index contributed by atoms with van der Waals surface area (Å²) in [6.45, 7) is 7.25. The summed E-state index contributed by atoms with van der Waals surface area (Å²) in [5, 5.41) is 9.13. The zero-order valence-electron chi connectivity index (χ0n) is 11.4. The molecule has 6 heteroatoms. The molecule has 1 aliphatic rings. The molecule has 1 saturated heterocycles. The van der Waals surface area contributed by atoms with Crippen LogP contribution >= 0.6 is 0 Å². The van der Waals surface area contributed by atoms with Crippen LogP contribution in [0.1, 0.15) is 34.6 Å². The number of nitrogens with zero attached hydrogens (tertiary/aromatic N) is 1. The molecule has 18 heavy (non-hydrogen) atoms. The average Bonchev–Trinajstić information content (AvgIpc) is 1.92. The molecule has 1 fully saturated rings. The Morgan fingerprint density at radius 2 is 1.67 bits per heavy atom. The highest BCUT2D eigenvalue weighted by Gasteiger charge is 2.61. The predicted molar refractivity (Wildman–Crippen MR) is 63.1 cm³/mol. The zero-order valence-corrected chi connectivity index (χ0v) is 11.4. The van der Waals surface area contributed by atoms with Gasteiger partial charge in [-0.05, 0) is 34.6 Å². The number of ether oxygens (including phenoxy) is 1. The van der Waals surface area contributed by atoms with Gasteiger partial charge in [-0.3, -0.25) is 4.79 Å². The van der Waals surface area contributed by atoms with Crippen molar-refractivity contribution in [3.8, 4) is 0 Å². The summed E-state index contributed by atoms with van der Waals surface area (Å²) in [7, 11) is 0. The number of carboxylic acids is 1. The van der Waals surface area contributed by atoms with E-state index in [0.29, 0.717) is 0 Å². The number of carbonyl (C=O) groups excluding carboxylic acids is 1. The summed E-state index contributed by atoms with van der Waals surface area (Å²) >= 11 is 0. The van der Waals surface area contributed by atoms with Crippen molar-refractivity contribution in [3.05, 3.63) is 0 Å². The molecular formula is C12H20FNO4. The summed E-state index contributed by atoms with van der Waals surface area (Å²) in [4.78, 5) is 24.1. The highest BCUT2D eigenvalue weighted by molar-refractivity contribution is 5.82. The molecule has 0 aliphatic carbocycles. The van der Waals surface area contributed by atoms with Crippen molar-refractivity contribution in [3.63, 3.8) is 0 Å². The quantitative estimate of drug-likeness (QED) is 0.826. The lowest BCUT2D eigenvalue weighted by atomic mass is 9.69. The van der Waals surface area contributed by atoms with Crippen LogP contribution in [0.4, 0.5) is 9.18 Å². The van der Waals surface area contributed by atoms with E-state index in [1.807, 2.05) is 0 Å². The maximum Gasteiger partial charge on any atom is 0.410 e. The molecule has 0 unspecified atom stereocenters. The van der Waals surface area contributed by atoms with Crippen LogP contribution in [0.3, 0.4) is 0 Å². The Morgan fingerprint density at radius 3 is 1.94 bits per heavy atom. The molecule has 0 aromatic carbocycles. The van der Waals surface area contributed by atoms with E-state index in [-0.39, 0.29) is 13.1 Å². The van der Waals surface area contributed by atoms with Crippen LogP contribution in [0, 0.1) is 5.41 Å². The van der Waals surface area contributed by atoms with Gasteiger partial charge in [-0.1, -0.05) is 0 Å². The van der Waals surface area contributed by atoms with Crippen LogP contribution in [0.2, 0.25) is 0 Å². The normalized spacial score (nSPS) is 19.1. The third-order valence-corrected chi connectivity index (χ3v) is 3.12. The number of alkyl halides is 1. The number of aliphatic carboxylic acids is 1. The molecule has 5 nitrogen and oxygen atoms in total. The Morgan fingerprint density at radius 1 is 1.22 bits per heavy atom. The fourth-order valence-corrected chi connectivity index (χ4v) is 1.83. The molecule has 1 rings (SSSR count). The second kappa shape index (κ2) is 4.10. The van der Waals surface area contributed by atoms with Crippen molar-refractivity contribution in [1.29, 1.82) is 0 Å². The number of hydrogen-bond acceptors (Lipinski definition) is 3. The molecule has 0 bridgehead atoms. The standard InChI is InChI=1S/C12H20FNO4/c1-10(2,3)18-9(17)14-6-12(7-14,8(15)16)11(4,5)13/h6-7H2,1-5H3,(H,15,16). The fraction of sp³-hybridized carbons (Fsp3) is 0.833. The van der Waals surface area contributed by atoms with E-state index in [4.69, 9.17) is 9.84 Å². The van der Waals surface area contributed by atoms with E-state index < -0.39 is 28.7 Å². The number of hydrogen-bond donors (Lipinski definition) is 1. The van der Waals surface area contributed by atoms with Gasteiger partial charge in [-0.15, -0.1) is 0 Å². The average molecular weight is 261 g/mol. The van der Waals surface area contributed by atoms with E-state index >= 15 is 0 Å². The molecule has 1 N–H and O–H groups in total. The van der Waals surface area contributed by atoms with Crippen LogP contribution in [-0.4, -0.2) is 46.4 Å². The highest BCUT2D eigenvalue weighted by atomic mass is 19.1. The second-order valence-electron chi connectivity index (χ2n) is 6.20. The van der Waals surface area contributed by atoms with E-state index in [1.165, 1.54) is 18.7 Å². The van der Waals surface area contributed by atoms with Gasteiger partial charge in [0.1, 0.15) is 16.7 Å². The van der Waals surface area contributed by atoms with Crippen molar-refractivity contribution in [2.24, 2.45) is 5.41 Å². The number of rotatable bonds is 2. The van der Waals surface area contributed by atoms with E-state index in [9.17, 15) is 14.0 Å². The summed E-state index contributed by atoms with van der Waals surface area (Å²) in [5.74, 6) is -1.23. The second-order valence-corrected chi connectivity index (χ2v) is 6.20. The first-order valence-electron chi connectivity index (χ1n) is 5.79. The maximum atomic E-state index is 14.0. The first-order chi connectivity index (χ1) is 7.89. The Hall–Kier alpha value is -1.33. The van der Waals surface area contributed by atoms with Gasteiger partial charge in [0.2, 0.25) is 0 Å². The van der Waals surface area contributed by atoms with E-state index in [1.54, 1.807) is 20.8 Å². The first kappa shape index (κ1) is 14.7. The van der Waals surface area contributed by atoms with Gasteiger partial charge in [0.05, 0.1) is 0 Å². The molecule has 0 aromatic heterocycles. The lowest BCUT2D eigenvalue weighted by Gasteiger charge is -2.51. The van der Waals surface area contributed by atoms with Crippen LogP contribution in [0.15, 0.2) is 0 Å². The maximum absolute atomic E-state index is 14.0. The summed E-state index contributed by atoms with van der Waals surface area (Å²) in [6, 6.07) is 0. The predicted octanol–water partition coefficient (Wildman–Crippen LogP) is 2.06. The number of amides is 1. The van der Waals surface area contributed by atoms with Crippen LogP contribution in [0.25, 0.3) is 0 Å². The molecular weight excluding hydrogens is 241 g/mol. The third-order valence-electron chi connectivity index (χ3n) is 3.12. The van der Waals surface area contributed by atoms with Gasteiger partial charge in [0, 0.05) is 13.1 Å². The number of carboxylic acid groups (broad SMARTS) is 1. The van der Waals surface area contributed by atoms with Crippen molar-refractivity contribution in [1.82, 2.24) is 4.90 Å². The Balaban J connectivity index is 2.72. The minimum absolute atomic E-state index is 0.166. The molecule has 0 saturated carbocycles. The minimum atomic E-state index is -1.89. The minimum Gasteiger partial charge on any atom is -0.481 e. The van der Waals surface area contributed by atoms with Crippen molar-refractivity contribution in [2.45, 2.75) is 45.9 Å². The van der Waals surface area contributed by atoms with Gasteiger partial charge in [-0.25, -0.2) is 9.18 Å². The molecule has 0 atom stereocenters. The van der Waals surface area contributed by atoms with Gasteiger partial charge in [0.15, 0.2) is 0 Å². The largest absolute Gasteiger partial charge is 0.481 e. The molecule has 0 aromatic rings. The monoisotopic (exact) mass is 261 g/mol. The molecule has 1 aliphatic heterocycles. The van der Waals surface area contributed by atoms with Gasteiger partial charge in [-0.2, -0.15) is 0 Å². The number of halogens is 1. The fourth-order valence-electron chi connectivity index (χ4n) is 1.83. The van der Waals surface area contributed by atoms with Crippen molar-refractivity contribution in [2.75, 3.05) is 13.1 Å². The summed E-state index contributed by atoms with van der Waals surface area (Å²) in [5.41, 5.74) is -4.08. The van der Waals surface area contributed by atoms with Gasteiger partial charge in [0.25, 0.3) is 0 Å². The molecule has 0 radical (unpaired) electrons. The van der Waals surface area contributed by atoms with E-state index in [2.05, 4.69) is 0 Å². The van der Waals surface area contributed by atoms with Crippen LogP contribution in [0.5, 0.6) is 0 Å². The van der Waals surface area contributed by atoms with E-state index in [0.717, 1.165) is 0 Å². The summed E-state index contributed by atoms with van der Waals surface area (Å²) < 4.78 is 19.1. The number of likely N-dealkylation sites (tertiary alicyclic amines) is 1. The SMILES string of the molecule is CC(C)(C)OC(=O)N1CC(C(=O)O)(C(C)(C)F)C1. The Bertz CT molecular complexity index is 361.